The number of hydrogen-bond acceptors (Lipinski definition) is 6. The Labute approximate surface area is 175 Å². The van der Waals surface area contributed by atoms with Gasteiger partial charge in [-0.1, -0.05) is 36.4 Å². The number of nitrogens with zero attached hydrogens (tertiary/aromatic N) is 1. The van der Waals surface area contributed by atoms with Gasteiger partial charge in [0.25, 0.3) is 11.5 Å². The molecule has 162 valence electrons. The minimum Gasteiger partial charge on any atom is -0.389 e. The van der Waals surface area contributed by atoms with Crippen molar-refractivity contribution in [1.82, 2.24) is 10.0 Å². The van der Waals surface area contributed by atoms with Gasteiger partial charge in [0.1, 0.15) is 0 Å². The zero-order valence-corrected chi connectivity index (χ0v) is 17.9. The molecule has 0 aliphatic heterocycles. The maximum absolute atomic E-state index is 12.5. The van der Waals surface area contributed by atoms with Crippen LogP contribution in [0.4, 0.5) is 0 Å². The molecule has 1 heterocycles. The van der Waals surface area contributed by atoms with Crippen molar-refractivity contribution in [2.45, 2.75) is 37.7 Å². The van der Waals surface area contributed by atoms with Crippen molar-refractivity contribution in [2.75, 3.05) is 6.26 Å². The van der Waals surface area contributed by atoms with E-state index in [4.69, 9.17) is 5.21 Å². The van der Waals surface area contributed by atoms with Crippen molar-refractivity contribution in [3.8, 4) is 11.1 Å². The second-order valence-corrected chi connectivity index (χ2v) is 9.81. The second kappa shape index (κ2) is 9.38. The van der Waals surface area contributed by atoms with Crippen LogP contribution < -0.4 is 11.0 Å². The summed E-state index contributed by atoms with van der Waals surface area (Å²) in [4.78, 5) is 24.4. The van der Waals surface area contributed by atoms with Crippen molar-refractivity contribution in [3.05, 3.63) is 64.6 Å². The number of rotatable bonds is 8. The number of pyridine rings is 1. The number of aliphatic hydroxyl groups excluding tert-OH is 1. The molecule has 2 rings (SSSR count). The van der Waals surface area contributed by atoms with Crippen LogP contribution in [0, 0.1) is 0 Å². The number of nitrogens with one attached hydrogen (secondary N) is 1. The van der Waals surface area contributed by atoms with Gasteiger partial charge >= 0.3 is 0 Å². The third kappa shape index (κ3) is 5.44. The lowest BCUT2D eigenvalue weighted by atomic mass is 10.0. The fraction of sp³-hybridized carbons (Fsp3) is 0.333. The van der Waals surface area contributed by atoms with Crippen LogP contribution >= 0.6 is 0 Å². The number of aryl methyl sites for hydroxylation is 1. The van der Waals surface area contributed by atoms with E-state index in [-0.39, 0.29) is 18.5 Å². The summed E-state index contributed by atoms with van der Waals surface area (Å²) in [7, 11) is -3.83. The fourth-order valence-electron chi connectivity index (χ4n) is 2.83. The molecule has 1 amide bonds. The van der Waals surface area contributed by atoms with E-state index < -0.39 is 26.6 Å². The molecule has 2 unspecified atom stereocenters. The molecule has 0 fully saturated rings. The summed E-state index contributed by atoms with van der Waals surface area (Å²) in [6, 6.07) is 10.6. The number of benzene rings is 1. The molecule has 0 aliphatic rings. The van der Waals surface area contributed by atoms with E-state index in [0.717, 1.165) is 17.4 Å². The quantitative estimate of drug-likeness (QED) is 0.428. The standard InChI is InChI=1S/C21H26N2O6S/c1-15(24)4-5-16-6-8-17(9-7-16)18-10-12-23(19(25)14-18)13-11-21(2,20(26)22-27)30(3,28)29/h4-10,12,14-15,24,27H,11,13H2,1-3H3,(H,22,26)/b5-4+. The monoisotopic (exact) mass is 434 g/mol. The summed E-state index contributed by atoms with van der Waals surface area (Å²) in [6.07, 6.45) is 5.20. The molecule has 1 aromatic heterocycles. The van der Waals surface area contributed by atoms with Crippen LogP contribution in [-0.4, -0.2) is 46.3 Å². The van der Waals surface area contributed by atoms with E-state index in [1.165, 1.54) is 23.0 Å². The molecule has 2 aromatic rings. The number of sulfone groups is 1. The van der Waals surface area contributed by atoms with Gasteiger partial charge in [-0.2, -0.15) is 0 Å². The molecule has 0 saturated carbocycles. The molecule has 0 radical (unpaired) electrons. The molecule has 0 aliphatic carbocycles. The average Bonchev–Trinajstić information content (AvgIpc) is 2.69. The molecule has 3 N–H and O–H groups in total. The summed E-state index contributed by atoms with van der Waals surface area (Å²) in [6.45, 7) is 2.86. The second-order valence-electron chi connectivity index (χ2n) is 7.36. The molecule has 8 nitrogen and oxygen atoms in total. The molecule has 9 heteroatoms. The SMILES string of the molecule is CC(O)/C=C/c1ccc(-c2ccn(CCC(C)(C(=O)NO)S(C)(=O)=O)c(=O)c2)cc1. The summed E-state index contributed by atoms with van der Waals surface area (Å²) in [5.74, 6) is -1.04. The lowest BCUT2D eigenvalue weighted by Gasteiger charge is -2.25. The molecule has 0 spiro atoms. The number of aliphatic hydroxyl groups is 1. The molecular formula is C21H26N2O6S. The smallest absolute Gasteiger partial charge is 0.264 e. The third-order valence-corrected chi connectivity index (χ3v) is 7.06. The van der Waals surface area contributed by atoms with Gasteiger partial charge in [0.05, 0.1) is 6.10 Å². The maximum atomic E-state index is 12.5. The van der Waals surface area contributed by atoms with Crippen molar-refractivity contribution in [2.24, 2.45) is 0 Å². The molecule has 2 atom stereocenters. The van der Waals surface area contributed by atoms with Gasteiger partial charge in [0.2, 0.25) is 0 Å². The highest BCUT2D eigenvalue weighted by molar-refractivity contribution is 7.92. The third-order valence-electron chi connectivity index (χ3n) is 5.04. The van der Waals surface area contributed by atoms with Gasteiger partial charge in [-0.3, -0.25) is 14.8 Å². The van der Waals surface area contributed by atoms with Crippen LogP contribution in [0.5, 0.6) is 0 Å². The van der Waals surface area contributed by atoms with E-state index >= 15 is 0 Å². The Morgan fingerprint density at radius 3 is 2.37 bits per heavy atom. The molecule has 30 heavy (non-hydrogen) atoms. The van der Waals surface area contributed by atoms with E-state index in [2.05, 4.69) is 0 Å². The van der Waals surface area contributed by atoms with Crippen LogP contribution in [0.3, 0.4) is 0 Å². The van der Waals surface area contributed by atoms with Crippen LogP contribution in [-0.2, 0) is 21.2 Å². The number of amides is 1. The number of hydrogen-bond donors (Lipinski definition) is 3. The highest BCUT2D eigenvalue weighted by Gasteiger charge is 2.43. The van der Waals surface area contributed by atoms with Crippen LogP contribution in [0.25, 0.3) is 17.2 Å². The summed E-state index contributed by atoms with van der Waals surface area (Å²) < 4.78 is 23.5. The zero-order valence-electron chi connectivity index (χ0n) is 17.1. The molecule has 1 aromatic carbocycles. The van der Waals surface area contributed by atoms with Crippen LogP contribution in [0.2, 0.25) is 0 Å². The molecular weight excluding hydrogens is 408 g/mol. The largest absolute Gasteiger partial charge is 0.389 e. The lowest BCUT2D eigenvalue weighted by molar-refractivity contribution is -0.131. The predicted octanol–water partition coefficient (Wildman–Crippen LogP) is 1.61. The Balaban J connectivity index is 2.21. The van der Waals surface area contributed by atoms with Crippen molar-refractivity contribution < 1.29 is 23.5 Å². The first kappa shape index (κ1) is 23.5. The first-order valence-corrected chi connectivity index (χ1v) is 11.2. The minimum absolute atomic E-state index is 0.0147. The van der Waals surface area contributed by atoms with E-state index in [1.54, 1.807) is 31.3 Å². The average molecular weight is 435 g/mol. The predicted molar refractivity (Wildman–Crippen MR) is 115 cm³/mol. The highest BCUT2D eigenvalue weighted by atomic mass is 32.2. The van der Waals surface area contributed by atoms with Gasteiger partial charge in [0, 0.05) is 25.1 Å². The van der Waals surface area contributed by atoms with Crippen molar-refractivity contribution >= 4 is 21.8 Å². The van der Waals surface area contributed by atoms with E-state index in [0.29, 0.717) is 5.56 Å². The topological polar surface area (TPSA) is 126 Å². The Bertz CT molecular complexity index is 1090. The fourth-order valence-corrected chi connectivity index (χ4v) is 3.67. The first-order chi connectivity index (χ1) is 14.0. The van der Waals surface area contributed by atoms with Gasteiger partial charge in [-0.05, 0) is 43.0 Å². The number of carbonyl (C=O) groups is 1. The van der Waals surface area contributed by atoms with Crippen molar-refractivity contribution in [1.29, 1.82) is 0 Å². The van der Waals surface area contributed by atoms with Gasteiger partial charge in [-0.15, -0.1) is 0 Å². The van der Waals surface area contributed by atoms with Gasteiger partial charge in [-0.25, -0.2) is 13.9 Å². The number of hydroxylamine groups is 1. The van der Waals surface area contributed by atoms with Crippen molar-refractivity contribution in [3.63, 3.8) is 0 Å². The Kier molecular flexibility index (Phi) is 7.35. The lowest BCUT2D eigenvalue weighted by Crippen LogP contribution is -2.49. The van der Waals surface area contributed by atoms with Crippen LogP contribution in [0.15, 0.2) is 53.5 Å². The number of aromatic nitrogens is 1. The Morgan fingerprint density at radius 2 is 1.87 bits per heavy atom. The van der Waals surface area contributed by atoms with Crippen LogP contribution in [0.1, 0.15) is 25.8 Å². The summed E-state index contributed by atoms with van der Waals surface area (Å²) in [5, 5.41) is 18.2. The Morgan fingerprint density at radius 1 is 1.23 bits per heavy atom. The highest BCUT2D eigenvalue weighted by Crippen LogP contribution is 2.23. The summed E-state index contributed by atoms with van der Waals surface area (Å²) >= 11 is 0. The van der Waals surface area contributed by atoms with E-state index in [9.17, 15) is 23.1 Å². The Hall–Kier alpha value is -2.75. The van der Waals surface area contributed by atoms with Gasteiger partial charge < -0.3 is 9.67 Å². The molecule has 0 bridgehead atoms. The normalized spacial score (nSPS) is 15.0. The zero-order chi connectivity index (χ0) is 22.5. The summed E-state index contributed by atoms with van der Waals surface area (Å²) in [5.41, 5.74) is 3.48. The van der Waals surface area contributed by atoms with Gasteiger partial charge in [0.15, 0.2) is 14.6 Å². The maximum Gasteiger partial charge on any atom is 0.264 e. The first-order valence-electron chi connectivity index (χ1n) is 9.29. The molecule has 0 saturated heterocycles. The number of carbonyl (C=O) groups excluding carboxylic acids is 1. The minimum atomic E-state index is -3.83. The van der Waals surface area contributed by atoms with E-state index in [1.807, 2.05) is 24.3 Å².